The van der Waals surface area contributed by atoms with Crippen LogP contribution in [0.4, 0.5) is 17.6 Å². The molecule has 2 aromatic carbocycles. The van der Waals surface area contributed by atoms with E-state index in [1.54, 1.807) is 0 Å². The van der Waals surface area contributed by atoms with Crippen LogP contribution in [0.15, 0.2) is 36.4 Å². The van der Waals surface area contributed by atoms with Crippen LogP contribution in [0.25, 0.3) is 0 Å². The molecule has 140 valence electrons. The molecule has 2 N–H and O–H groups in total. The quantitative estimate of drug-likeness (QED) is 0.455. The molecule has 0 aromatic heterocycles. The summed E-state index contributed by atoms with van der Waals surface area (Å²) in [7, 11) is 0. The molecule has 0 radical (unpaired) electrons. The van der Waals surface area contributed by atoms with Crippen molar-refractivity contribution in [2.45, 2.75) is 13.2 Å². The molecule has 26 heavy (non-hydrogen) atoms. The van der Waals surface area contributed by atoms with Gasteiger partial charge in [0.05, 0.1) is 0 Å². The summed E-state index contributed by atoms with van der Waals surface area (Å²) < 4.78 is 55.5. The number of aldehydes is 2. The molecule has 6 nitrogen and oxygen atoms in total. The van der Waals surface area contributed by atoms with E-state index in [0.717, 1.165) is 18.2 Å². The molecule has 0 saturated carbocycles. The average Bonchev–Trinajstić information content (AvgIpc) is 2.58. The molecule has 0 aliphatic carbocycles. The Bertz CT molecular complexity index is 752. The summed E-state index contributed by atoms with van der Waals surface area (Å²) in [5, 5.41) is 17.6. The Balaban J connectivity index is 0.000000289. The zero-order valence-corrected chi connectivity index (χ0v) is 12.8. The highest BCUT2D eigenvalue weighted by Crippen LogP contribution is 2.30. The fraction of sp³-hybridized carbons (Fsp3) is 0.125. The average molecular weight is 376 g/mol. The fourth-order valence-electron chi connectivity index (χ4n) is 1.59. The first-order valence-electron chi connectivity index (χ1n) is 6.72. The minimum Gasteiger partial charge on any atom is -0.504 e. The third-order valence-corrected chi connectivity index (χ3v) is 2.67. The molecule has 0 saturated heterocycles. The lowest BCUT2D eigenvalue weighted by Gasteiger charge is -2.11. The number of phenols is 2. The summed E-state index contributed by atoms with van der Waals surface area (Å²) in [5.41, 5.74) is 0.354. The van der Waals surface area contributed by atoms with Gasteiger partial charge in [0.1, 0.15) is 12.6 Å². The number of carbonyl (C=O) groups excluding carboxylic acids is 2. The number of halogens is 4. The maximum absolute atomic E-state index is 11.9. The number of benzene rings is 2. The molecular formula is C16H12F4O6. The summed E-state index contributed by atoms with van der Waals surface area (Å²) in [4.78, 5) is 20.4. The van der Waals surface area contributed by atoms with Gasteiger partial charge in [0.2, 0.25) is 0 Å². The van der Waals surface area contributed by atoms with Crippen LogP contribution in [0.3, 0.4) is 0 Å². The lowest BCUT2D eigenvalue weighted by molar-refractivity contribution is -0.0692. The zero-order chi connectivity index (χ0) is 19.7. The first-order chi connectivity index (χ1) is 12.3. The minimum absolute atomic E-state index is 0.0114. The maximum Gasteiger partial charge on any atom is 0.387 e. The number of carbonyl (C=O) groups is 2. The molecule has 0 amide bonds. The third kappa shape index (κ3) is 6.67. The first-order valence-corrected chi connectivity index (χ1v) is 6.72. The number of hydrogen-bond acceptors (Lipinski definition) is 6. The van der Waals surface area contributed by atoms with Gasteiger partial charge in [-0.25, -0.2) is 0 Å². The van der Waals surface area contributed by atoms with Crippen molar-refractivity contribution in [3.63, 3.8) is 0 Å². The summed E-state index contributed by atoms with van der Waals surface area (Å²) in [5.74, 6) is -1.66. The summed E-state index contributed by atoms with van der Waals surface area (Å²) >= 11 is 0. The predicted molar refractivity (Wildman–Crippen MR) is 80.3 cm³/mol. The Morgan fingerprint density at radius 2 is 1.23 bits per heavy atom. The van der Waals surface area contributed by atoms with Crippen LogP contribution in [0, 0.1) is 0 Å². The fourth-order valence-corrected chi connectivity index (χ4v) is 1.59. The molecule has 0 atom stereocenters. The second-order valence-electron chi connectivity index (χ2n) is 4.45. The van der Waals surface area contributed by atoms with E-state index < -0.39 is 24.7 Å². The molecule has 2 aromatic rings. The molecule has 0 aliphatic rings. The van der Waals surface area contributed by atoms with Crippen molar-refractivity contribution in [1.82, 2.24) is 0 Å². The molecular weight excluding hydrogens is 364 g/mol. The van der Waals surface area contributed by atoms with E-state index in [-0.39, 0.29) is 17.1 Å². The van der Waals surface area contributed by atoms with Crippen LogP contribution < -0.4 is 9.47 Å². The lowest BCUT2D eigenvalue weighted by Crippen LogP contribution is -2.08. The van der Waals surface area contributed by atoms with Crippen molar-refractivity contribution >= 4 is 12.6 Å². The first kappa shape index (κ1) is 20.7. The molecule has 0 aliphatic heterocycles. The molecule has 10 heteroatoms. The van der Waals surface area contributed by atoms with Gasteiger partial charge >= 0.3 is 13.2 Å². The Labute approximate surface area is 144 Å². The van der Waals surface area contributed by atoms with Gasteiger partial charge in [0.25, 0.3) is 0 Å². The zero-order valence-electron chi connectivity index (χ0n) is 12.8. The monoisotopic (exact) mass is 376 g/mol. The number of alkyl halides is 4. The molecule has 0 fully saturated rings. The second-order valence-corrected chi connectivity index (χ2v) is 4.45. The highest BCUT2D eigenvalue weighted by atomic mass is 19.3. The van der Waals surface area contributed by atoms with Gasteiger partial charge < -0.3 is 19.7 Å². The van der Waals surface area contributed by atoms with Gasteiger partial charge in [-0.2, -0.15) is 17.6 Å². The Hall–Kier alpha value is -3.30. The third-order valence-electron chi connectivity index (χ3n) is 2.67. The maximum atomic E-state index is 11.9. The number of phenolic OH excluding ortho intramolecular Hbond substituents is 2. The van der Waals surface area contributed by atoms with E-state index in [2.05, 4.69) is 9.47 Å². The van der Waals surface area contributed by atoms with Crippen LogP contribution >= 0.6 is 0 Å². The summed E-state index contributed by atoms with van der Waals surface area (Å²) in [6.45, 7) is -6.36. The Morgan fingerprint density at radius 1 is 0.731 bits per heavy atom. The number of rotatable bonds is 6. The number of ether oxygens (including phenoxy) is 2. The molecule has 0 unspecified atom stereocenters. The number of aromatic hydroxyl groups is 2. The van der Waals surface area contributed by atoms with Gasteiger partial charge in [0.15, 0.2) is 23.0 Å². The van der Waals surface area contributed by atoms with Gasteiger partial charge in [-0.3, -0.25) is 9.59 Å². The highest BCUT2D eigenvalue weighted by Gasteiger charge is 2.15. The van der Waals surface area contributed by atoms with Crippen LogP contribution in [-0.2, 0) is 0 Å². The van der Waals surface area contributed by atoms with Gasteiger partial charge in [-0.05, 0) is 36.4 Å². The summed E-state index contributed by atoms with van der Waals surface area (Å²) in [6, 6.07) is 6.86. The van der Waals surface area contributed by atoms with Gasteiger partial charge in [0, 0.05) is 11.1 Å². The van der Waals surface area contributed by atoms with Crippen LogP contribution in [0.5, 0.6) is 23.0 Å². The van der Waals surface area contributed by atoms with Crippen molar-refractivity contribution in [1.29, 1.82) is 0 Å². The minimum atomic E-state index is -3.19. The Morgan fingerprint density at radius 3 is 1.73 bits per heavy atom. The topological polar surface area (TPSA) is 93.1 Å². The molecule has 0 spiro atoms. The normalized spacial score (nSPS) is 10.1. The number of hydrogen-bond donors (Lipinski definition) is 2. The van der Waals surface area contributed by atoms with Crippen molar-refractivity contribution in [3.8, 4) is 23.0 Å². The van der Waals surface area contributed by atoms with E-state index >= 15 is 0 Å². The van der Waals surface area contributed by atoms with Gasteiger partial charge in [-0.1, -0.05) is 0 Å². The predicted octanol–water partition coefficient (Wildman–Crippen LogP) is 3.61. The molecule has 2 rings (SSSR count). The van der Waals surface area contributed by atoms with Crippen molar-refractivity contribution in [2.24, 2.45) is 0 Å². The largest absolute Gasteiger partial charge is 0.504 e. The SMILES string of the molecule is O=Cc1ccc(O)c(O)c1.O=Cc1ccc(OC(F)F)c(OC(F)F)c1. The van der Waals surface area contributed by atoms with E-state index in [9.17, 15) is 27.2 Å². The molecule has 0 bridgehead atoms. The smallest absolute Gasteiger partial charge is 0.387 e. The van der Waals surface area contributed by atoms with E-state index in [1.165, 1.54) is 18.2 Å². The van der Waals surface area contributed by atoms with E-state index in [1.807, 2.05) is 0 Å². The van der Waals surface area contributed by atoms with Crippen LogP contribution in [0.2, 0.25) is 0 Å². The second kappa shape index (κ2) is 9.87. The van der Waals surface area contributed by atoms with Crippen LogP contribution in [-0.4, -0.2) is 36.0 Å². The standard InChI is InChI=1S/C9H6F4O3.C7H6O3/c10-8(11)15-6-2-1-5(4-14)3-7(6)16-9(12)13;8-4-5-1-2-6(9)7(10)3-5/h1-4,8-9H;1-4,9-10H. The molecule has 0 heterocycles. The lowest BCUT2D eigenvalue weighted by atomic mass is 10.2. The van der Waals surface area contributed by atoms with Crippen LogP contribution in [0.1, 0.15) is 20.7 Å². The van der Waals surface area contributed by atoms with E-state index in [0.29, 0.717) is 18.1 Å². The van der Waals surface area contributed by atoms with Crippen molar-refractivity contribution < 1.29 is 46.8 Å². The van der Waals surface area contributed by atoms with E-state index in [4.69, 9.17) is 10.2 Å². The summed E-state index contributed by atoms with van der Waals surface area (Å²) in [6.07, 6.45) is 0.962. The van der Waals surface area contributed by atoms with Gasteiger partial charge in [-0.15, -0.1) is 0 Å². The Kier molecular flexibility index (Phi) is 7.87. The van der Waals surface area contributed by atoms with Crippen molar-refractivity contribution in [2.75, 3.05) is 0 Å². The van der Waals surface area contributed by atoms with Crippen molar-refractivity contribution in [3.05, 3.63) is 47.5 Å². The highest BCUT2D eigenvalue weighted by molar-refractivity contribution is 5.76.